The first-order valence-electron chi connectivity index (χ1n) is 7.87. The van der Waals surface area contributed by atoms with Crippen molar-refractivity contribution in [2.24, 2.45) is 0 Å². The lowest BCUT2D eigenvalue weighted by Gasteiger charge is -2.20. The van der Waals surface area contributed by atoms with E-state index in [4.69, 9.17) is 5.26 Å². The number of H-pyrrole nitrogens is 1. The van der Waals surface area contributed by atoms with Crippen LogP contribution in [-0.2, 0) is 4.79 Å². The van der Waals surface area contributed by atoms with E-state index in [1.807, 2.05) is 36.9 Å². The number of amides is 1. The molecule has 1 fully saturated rings. The summed E-state index contributed by atoms with van der Waals surface area (Å²) in [6.45, 7) is 1.55. The van der Waals surface area contributed by atoms with Gasteiger partial charge in [-0.05, 0) is 12.5 Å². The third-order valence-corrected chi connectivity index (χ3v) is 4.42. The monoisotopic (exact) mass is 320 g/mol. The number of pyridine rings is 2. The molecule has 4 heterocycles. The number of rotatable bonds is 3. The molecule has 7 nitrogen and oxygen atoms in total. The van der Waals surface area contributed by atoms with Crippen LogP contribution in [0.3, 0.4) is 0 Å². The summed E-state index contributed by atoms with van der Waals surface area (Å²) in [6.07, 6.45) is 8.16. The summed E-state index contributed by atoms with van der Waals surface area (Å²) in [5.74, 6) is -0.211. The van der Waals surface area contributed by atoms with Crippen molar-refractivity contribution >= 4 is 33.4 Å². The first kappa shape index (κ1) is 14.5. The Hall–Kier alpha value is -3.14. The van der Waals surface area contributed by atoms with Crippen molar-refractivity contribution in [1.82, 2.24) is 20.3 Å². The lowest BCUT2D eigenvalue weighted by atomic mass is 10.1. The number of aromatic amines is 1. The number of carbonyl (C=O) groups is 1. The van der Waals surface area contributed by atoms with Gasteiger partial charge in [0.15, 0.2) is 0 Å². The Bertz CT molecular complexity index is 957. The summed E-state index contributed by atoms with van der Waals surface area (Å²) in [4.78, 5) is 25.7. The lowest BCUT2D eigenvalue weighted by Crippen LogP contribution is -2.36. The predicted octanol–water partition coefficient (Wildman–Crippen LogP) is 1.72. The van der Waals surface area contributed by atoms with Gasteiger partial charge in [-0.3, -0.25) is 9.78 Å². The summed E-state index contributed by atoms with van der Waals surface area (Å²) >= 11 is 0. The third kappa shape index (κ3) is 2.42. The van der Waals surface area contributed by atoms with Gasteiger partial charge in [0.1, 0.15) is 12.1 Å². The van der Waals surface area contributed by atoms with Gasteiger partial charge in [-0.1, -0.05) is 0 Å². The summed E-state index contributed by atoms with van der Waals surface area (Å²) in [6, 6.07) is 3.96. The minimum absolute atomic E-state index is 0.0599. The number of fused-ring (bicyclic) bond motifs is 3. The molecular formula is C17H16N6O. The Morgan fingerprint density at radius 1 is 1.46 bits per heavy atom. The van der Waals surface area contributed by atoms with E-state index in [0.717, 1.165) is 40.5 Å². The molecule has 1 unspecified atom stereocenters. The average molecular weight is 320 g/mol. The molecule has 1 atom stereocenters. The summed E-state index contributed by atoms with van der Waals surface area (Å²) in [5.41, 5.74) is 1.91. The number of nitrogens with one attached hydrogen (secondary N) is 2. The van der Waals surface area contributed by atoms with Gasteiger partial charge >= 0.3 is 0 Å². The minimum Gasteiger partial charge on any atom is -0.368 e. The van der Waals surface area contributed by atoms with Gasteiger partial charge in [-0.2, -0.15) is 5.26 Å². The van der Waals surface area contributed by atoms with Gasteiger partial charge < -0.3 is 15.2 Å². The number of anilines is 1. The average Bonchev–Trinajstić information content (AvgIpc) is 3.23. The quantitative estimate of drug-likeness (QED) is 0.766. The summed E-state index contributed by atoms with van der Waals surface area (Å²) < 4.78 is 0. The van der Waals surface area contributed by atoms with Crippen molar-refractivity contribution in [3.05, 3.63) is 30.9 Å². The second-order valence-electron chi connectivity index (χ2n) is 5.96. The zero-order valence-electron chi connectivity index (χ0n) is 13.0. The summed E-state index contributed by atoms with van der Waals surface area (Å²) in [5, 5.41) is 14.7. The third-order valence-electron chi connectivity index (χ3n) is 4.42. The van der Waals surface area contributed by atoms with Gasteiger partial charge in [-0.25, -0.2) is 4.98 Å². The van der Waals surface area contributed by atoms with Crippen molar-refractivity contribution in [1.29, 1.82) is 5.26 Å². The van der Waals surface area contributed by atoms with Gasteiger partial charge in [0.2, 0.25) is 5.91 Å². The van der Waals surface area contributed by atoms with E-state index in [9.17, 15) is 4.79 Å². The highest BCUT2D eigenvalue weighted by Crippen LogP contribution is 2.33. The second kappa shape index (κ2) is 5.81. The second-order valence-corrected chi connectivity index (χ2v) is 5.96. The van der Waals surface area contributed by atoms with Crippen molar-refractivity contribution < 1.29 is 4.79 Å². The van der Waals surface area contributed by atoms with Crippen LogP contribution in [0.5, 0.6) is 0 Å². The number of aromatic nitrogens is 3. The van der Waals surface area contributed by atoms with E-state index in [-0.39, 0.29) is 18.4 Å². The molecule has 7 heteroatoms. The fraction of sp³-hybridized carbons (Fsp3) is 0.294. The molecule has 3 aromatic heterocycles. The van der Waals surface area contributed by atoms with Gasteiger partial charge in [0.05, 0.1) is 18.0 Å². The topological polar surface area (TPSA) is 97.7 Å². The first-order valence-corrected chi connectivity index (χ1v) is 7.87. The smallest absolute Gasteiger partial charge is 0.234 e. The lowest BCUT2D eigenvalue weighted by molar-refractivity contribution is -0.120. The van der Waals surface area contributed by atoms with E-state index in [0.29, 0.717) is 6.54 Å². The van der Waals surface area contributed by atoms with Crippen molar-refractivity contribution in [3.63, 3.8) is 0 Å². The molecule has 0 spiro atoms. The highest BCUT2D eigenvalue weighted by atomic mass is 16.1. The molecule has 1 aliphatic rings. The number of carbonyl (C=O) groups excluding carboxylic acids is 1. The fourth-order valence-corrected chi connectivity index (χ4v) is 3.35. The maximum absolute atomic E-state index is 11.6. The molecule has 0 bridgehead atoms. The number of hydrogen-bond donors (Lipinski definition) is 2. The molecule has 0 saturated carbocycles. The van der Waals surface area contributed by atoms with Crippen LogP contribution in [0, 0.1) is 11.3 Å². The normalized spacial score (nSPS) is 17.3. The number of hydrogen-bond acceptors (Lipinski definition) is 5. The van der Waals surface area contributed by atoms with Crippen LogP contribution in [0.25, 0.3) is 21.8 Å². The van der Waals surface area contributed by atoms with E-state index in [2.05, 4.69) is 25.2 Å². The van der Waals surface area contributed by atoms with Crippen molar-refractivity contribution in [2.75, 3.05) is 18.0 Å². The molecule has 3 aromatic rings. The Labute approximate surface area is 138 Å². The van der Waals surface area contributed by atoms with Gasteiger partial charge in [-0.15, -0.1) is 0 Å². The minimum atomic E-state index is -0.211. The van der Waals surface area contributed by atoms with Crippen LogP contribution in [-0.4, -0.2) is 40.0 Å². The largest absolute Gasteiger partial charge is 0.368 e. The Balaban J connectivity index is 1.67. The molecule has 0 aromatic carbocycles. The molecular weight excluding hydrogens is 304 g/mol. The molecule has 0 aliphatic carbocycles. The van der Waals surface area contributed by atoms with E-state index < -0.39 is 0 Å². The van der Waals surface area contributed by atoms with Crippen LogP contribution in [0.2, 0.25) is 0 Å². The maximum atomic E-state index is 11.6. The van der Waals surface area contributed by atoms with Crippen LogP contribution >= 0.6 is 0 Å². The molecule has 1 saturated heterocycles. The number of nitriles is 1. The molecule has 1 aliphatic heterocycles. The van der Waals surface area contributed by atoms with E-state index in [1.54, 1.807) is 0 Å². The van der Waals surface area contributed by atoms with Gasteiger partial charge in [0, 0.05) is 53.9 Å². The highest BCUT2D eigenvalue weighted by Gasteiger charge is 2.25. The van der Waals surface area contributed by atoms with Crippen molar-refractivity contribution in [2.45, 2.75) is 18.9 Å². The molecule has 4 rings (SSSR count). The summed E-state index contributed by atoms with van der Waals surface area (Å²) in [7, 11) is 0. The molecule has 120 valence electrons. The Kier molecular flexibility index (Phi) is 3.50. The zero-order valence-corrected chi connectivity index (χ0v) is 13.0. The van der Waals surface area contributed by atoms with E-state index in [1.165, 1.54) is 0 Å². The molecule has 2 N–H and O–H groups in total. The van der Waals surface area contributed by atoms with Crippen LogP contribution < -0.4 is 10.2 Å². The Morgan fingerprint density at radius 2 is 2.38 bits per heavy atom. The van der Waals surface area contributed by atoms with Crippen LogP contribution in [0.1, 0.15) is 12.8 Å². The fourth-order valence-electron chi connectivity index (χ4n) is 3.35. The van der Waals surface area contributed by atoms with Crippen LogP contribution in [0.15, 0.2) is 30.9 Å². The zero-order chi connectivity index (χ0) is 16.5. The first-order chi connectivity index (χ1) is 11.8. The molecule has 24 heavy (non-hydrogen) atoms. The SMILES string of the molecule is N#CCC(=O)NC1CCN(c2cncc3cnc4[nH]ccc4c23)C1. The maximum Gasteiger partial charge on any atom is 0.234 e. The molecule has 0 radical (unpaired) electrons. The molecule has 1 amide bonds. The van der Waals surface area contributed by atoms with Crippen molar-refractivity contribution in [3.8, 4) is 6.07 Å². The van der Waals surface area contributed by atoms with Crippen LogP contribution in [0.4, 0.5) is 5.69 Å². The predicted molar refractivity (Wildman–Crippen MR) is 90.4 cm³/mol. The Morgan fingerprint density at radius 3 is 3.25 bits per heavy atom. The standard InChI is InChI=1S/C17H16N6O/c18-4-1-15(24)22-12-3-6-23(10-12)14-9-19-7-11-8-21-17-13(16(11)14)2-5-20-17/h2,5,7-9,12H,1,3,6,10H2,(H,20,21)(H,22,24). The van der Waals surface area contributed by atoms with Gasteiger partial charge in [0.25, 0.3) is 0 Å². The number of nitrogens with zero attached hydrogens (tertiary/aromatic N) is 4. The highest BCUT2D eigenvalue weighted by molar-refractivity contribution is 6.11. The van der Waals surface area contributed by atoms with E-state index >= 15 is 0 Å².